The van der Waals surface area contributed by atoms with E-state index in [0.717, 1.165) is 25.7 Å². The Kier molecular flexibility index (Phi) is 4.15. The van der Waals surface area contributed by atoms with Crippen LogP contribution in [-0.4, -0.2) is 18.2 Å². The van der Waals surface area contributed by atoms with E-state index < -0.39 is 5.79 Å². The van der Waals surface area contributed by atoms with E-state index in [-0.39, 0.29) is 11.3 Å². The molecule has 2 atom stereocenters. The first kappa shape index (κ1) is 12.9. The highest BCUT2D eigenvalue weighted by molar-refractivity contribution is 4.91. The van der Waals surface area contributed by atoms with E-state index in [1.165, 1.54) is 6.42 Å². The van der Waals surface area contributed by atoms with Crippen molar-refractivity contribution in [1.29, 1.82) is 0 Å². The predicted molar refractivity (Wildman–Crippen MR) is 59.5 cm³/mol. The Labute approximate surface area is 92.7 Å². The van der Waals surface area contributed by atoms with Gasteiger partial charge in [0.2, 0.25) is 5.79 Å². The van der Waals surface area contributed by atoms with Crippen LogP contribution < -0.4 is 0 Å². The molecule has 0 aromatic carbocycles. The molecule has 3 nitrogen and oxygen atoms in total. The number of ether oxygens (including phenoxy) is 1. The summed E-state index contributed by atoms with van der Waals surface area (Å²) in [6, 6.07) is 0. The van der Waals surface area contributed by atoms with Crippen molar-refractivity contribution in [3.8, 4) is 0 Å². The fraction of sp³-hybridized carbons (Fsp3) is 1.00. The lowest BCUT2D eigenvalue weighted by molar-refractivity contribution is -0.430. The van der Waals surface area contributed by atoms with Crippen LogP contribution in [-0.2, 0) is 9.62 Å². The molecule has 90 valence electrons. The molecule has 0 aliphatic heterocycles. The van der Waals surface area contributed by atoms with Crippen LogP contribution in [0, 0.1) is 11.3 Å². The molecule has 1 fully saturated rings. The summed E-state index contributed by atoms with van der Waals surface area (Å²) in [6.07, 6.45) is 5.17. The van der Waals surface area contributed by atoms with E-state index in [9.17, 15) is 0 Å². The van der Waals surface area contributed by atoms with Crippen LogP contribution >= 0.6 is 0 Å². The highest BCUT2D eigenvalue weighted by Crippen LogP contribution is 2.48. The van der Waals surface area contributed by atoms with Gasteiger partial charge in [-0.15, -0.1) is 0 Å². The second-order valence-electron chi connectivity index (χ2n) is 5.25. The molecule has 1 saturated carbocycles. The Morgan fingerprint density at radius 1 is 1.40 bits per heavy atom. The Hall–Kier alpha value is -0.120. The standard InChI is InChI=1S/C12H24O3/c1-5-11(2,3)10-8-6-7-9-12(10,14-4)15-13/h10,13H,5-9H2,1-4H3. The lowest BCUT2D eigenvalue weighted by Crippen LogP contribution is -2.50. The first-order chi connectivity index (χ1) is 7.02. The van der Waals surface area contributed by atoms with E-state index in [1.807, 2.05) is 0 Å². The van der Waals surface area contributed by atoms with E-state index in [4.69, 9.17) is 14.9 Å². The van der Waals surface area contributed by atoms with Crippen LogP contribution in [0.15, 0.2) is 0 Å². The van der Waals surface area contributed by atoms with Crippen molar-refractivity contribution in [1.82, 2.24) is 0 Å². The third-order valence-corrected chi connectivity index (χ3v) is 4.15. The second-order valence-corrected chi connectivity index (χ2v) is 5.25. The summed E-state index contributed by atoms with van der Waals surface area (Å²) in [7, 11) is 1.63. The monoisotopic (exact) mass is 216 g/mol. The Morgan fingerprint density at radius 3 is 2.53 bits per heavy atom. The van der Waals surface area contributed by atoms with Gasteiger partial charge in [-0.2, -0.15) is 0 Å². The highest BCUT2D eigenvalue weighted by Gasteiger charge is 2.49. The summed E-state index contributed by atoms with van der Waals surface area (Å²) in [5.74, 6) is -0.517. The van der Waals surface area contributed by atoms with Crippen molar-refractivity contribution in [2.24, 2.45) is 11.3 Å². The van der Waals surface area contributed by atoms with Crippen LogP contribution in [0.3, 0.4) is 0 Å². The quantitative estimate of drug-likeness (QED) is 0.444. The van der Waals surface area contributed by atoms with Gasteiger partial charge in [0.25, 0.3) is 0 Å². The number of hydrogen-bond donors (Lipinski definition) is 1. The van der Waals surface area contributed by atoms with Crippen LogP contribution in [0.5, 0.6) is 0 Å². The van der Waals surface area contributed by atoms with Crippen molar-refractivity contribution in [2.75, 3.05) is 7.11 Å². The van der Waals surface area contributed by atoms with Gasteiger partial charge in [-0.05, 0) is 18.3 Å². The van der Waals surface area contributed by atoms with Crippen molar-refractivity contribution in [3.63, 3.8) is 0 Å². The zero-order valence-corrected chi connectivity index (χ0v) is 10.4. The molecule has 0 amide bonds. The minimum absolute atomic E-state index is 0.138. The van der Waals surface area contributed by atoms with Crippen molar-refractivity contribution >= 4 is 0 Å². The molecule has 3 heteroatoms. The number of rotatable bonds is 4. The average Bonchev–Trinajstić information content (AvgIpc) is 2.28. The smallest absolute Gasteiger partial charge is 0.204 e. The van der Waals surface area contributed by atoms with Gasteiger partial charge in [0.15, 0.2) is 0 Å². The van der Waals surface area contributed by atoms with Gasteiger partial charge in [-0.1, -0.05) is 33.6 Å². The maximum atomic E-state index is 9.15. The van der Waals surface area contributed by atoms with E-state index >= 15 is 0 Å². The molecule has 1 aliphatic carbocycles. The molecule has 0 radical (unpaired) electrons. The summed E-state index contributed by atoms with van der Waals surface area (Å²) in [6.45, 7) is 6.61. The molecule has 0 heterocycles. The first-order valence-electron chi connectivity index (χ1n) is 5.90. The molecule has 0 aromatic heterocycles. The molecule has 1 rings (SSSR count). The summed E-state index contributed by atoms with van der Waals surface area (Å²) < 4.78 is 5.46. The normalized spacial score (nSPS) is 33.0. The average molecular weight is 216 g/mol. The largest absolute Gasteiger partial charge is 0.350 e. The number of methoxy groups -OCH3 is 1. The summed E-state index contributed by atoms with van der Waals surface area (Å²) >= 11 is 0. The molecular formula is C12H24O3. The molecule has 2 unspecified atom stereocenters. The van der Waals surface area contributed by atoms with Gasteiger partial charge in [-0.25, -0.2) is 10.1 Å². The number of hydrogen-bond acceptors (Lipinski definition) is 3. The van der Waals surface area contributed by atoms with Crippen LogP contribution in [0.2, 0.25) is 0 Å². The molecule has 1 aliphatic rings. The third-order valence-electron chi connectivity index (χ3n) is 4.15. The topological polar surface area (TPSA) is 38.7 Å². The lowest BCUT2D eigenvalue weighted by atomic mass is 9.66. The van der Waals surface area contributed by atoms with Gasteiger partial charge >= 0.3 is 0 Å². The molecule has 0 saturated heterocycles. The maximum Gasteiger partial charge on any atom is 0.204 e. The van der Waals surface area contributed by atoms with Gasteiger partial charge in [0.05, 0.1) is 0 Å². The summed E-state index contributed by atoms with van der Waals surface area (Å²) in [5.41, 5.74) is 0.138. The van der Waals surface area contributed by atoms with E-state index in [2.05, 4.69) is 20.8 Å². The van der Waals surface area contributed by atoms with Crippen molar-refractivity contribution < 1.29 is 14.9 Å². The molecule has 15 heavy (non-hydrogen) atoms. The fourth-order valence-corrected chi connectivity index (χ4v) is 2.74. The summed E-state index contributed by atoms with van der Waals surface area (Å²) in [5, 5.41) is 9.15. The van der Waals surface area contributed by atoms with E-state index in [0.29, 0.717) is 0 Å². The highest BCUT2D eigenvalue weighted by atomic mass is 17.1. The second kappa shape index (κ2) is 4.81. The Bertz CT molecular complexity index is 197. The molecule has 0 bridgehead atoms. The van der Waals surface area contributed by atoms with Gasteiger partial charge < -0.3 is 4.74 Å². The van der Waals surface area contributed by atoms with Gasteiger partial charge in [0.1, 0.15) is 0 Å². The molecule has 1 N–H and O–H groups in total. The lowest BCUT2D eigenvalue weighted by Gasteiger charge is -2.47. The van der Waals surface area contributed by atoms with Crippen molar-refractivity contribution in [2.45, 2.75) is 58.7 Å². The minimum Gasteiger partial charge on any atom is -0.350 e. The van der Waals surface area contributed by atoms with Gasteiger partial charge in [-0.3, -0.25) is 0 Å². The summed E-state index contributed by atoms with van der Waals surface area (Å²) in [4.78, 5) is 4.71. The Morgan fingerprint density at radius 2 is 2.07 bits per heavy atom. The maximum absolute atomic E-state index is 9.15. The minimum atomic E-state index is -0.780. The van der Waals surface area contributed by atoms with Crippen LogP contribution in [0.4, 0.5) is 0 Å². The predicted octanol–water partition coefficient (Wildman–Crippen LogP) is 3.45. The van der Waals surface area contributed by atoms with Gasteiger partial charge in [0, 0.05) is 19.4 Å². The fourth-order valence-electron chi connectivity index (χ4n) is 2.74. The van der Waals surface area contributed by atoms with Crippen LogP contribution in [0.25, 0.3) is 0 Å². The SMILES string of the molecule is CCC(C)(C)C1CCCCC1(OC)OO. The van der Waals surface area contributed by atoms with Crippen LogP contribution in [0.1, 0.15) is 52.9 Å². The zero-order chi connectivity index (χ0) is 11.5. The molecular weight excluding hydrogens is 192 g/mol. The Balaban J connectivity index is 2.91. The molecule has 0 spiro atoms. The first-order valence-corrected chi connectivity index (χ1v) is 5.90. The molecule has 0 aromatic rings. The van der Waals surface area contributed by atoms with Crippen molar-refractivity contribution in [3.05, 3.63) is 0 Å². The van der Waals surface area contributed by atoms with E-state index in [1.54, 1.807) is 7.11 Å². The zero-order valence-electron chi connectivity index (χ0n) is 10.4. The third kappa shape index (κ3) is 2.35.